The Kier molecular flexibility index (Phi) is 6.58. The van der Waals surface area contributed by atoms with Gasteiger partial charge in [0, 0.05) is 24.6 Å². The molecule has 1 aliphatic heterocycles. The van der Waals surface area contributed by atoms with Gasteiger partial charge in [-0.1, -0.05) is 17.2 Å². The van der Waals surface area contributed by atoms with Gasteiger partial charge in [0.1, 0.15) is 11.5 Å². The predicted molar refractivity (Wildman–Crippen MR) is 121 cm³/mol. The molecule has 8 heteroatoms. The van der Waals surface area contributed by atoms with E-state index in [-0.39, 0.29) is 17.9 Å². The molecule has 1 saturated heterocycles. The van der Waals surface area contributed by atoms with Crippen LogP contribution in [0, 0.1) is 5.92 Å². The van der Waals surface area contributed by atoms with E-state index in [9.17, 15) is 4.79 Å². The SMILES string of the molecule is COc1ccc(-c2nnc(N3CCC(C(=O)N[C@H](C)c4ccc(OC)cc4)CC3)o2)cc1. The number of piperidine rings is 1. The van der Waals surface area contributed by atoms with Crippen LogP contribution in [0.4, 0.5) is 6.01 Å². The molecule has 1 amide bonds. The Morgan fingerprint density at radius 3 is 2.19 bits per heavy atom. The maximum atomic E-state index is 12.8. The minimum absolute atomic E-state index is 0.0315. The molecule has 0 bridgehead atoms. The lowest BCUT2D eigenvalue weighted by Gasteiger charge is -2.30. The lowest BCUT2D eigenvalue weighted by atomic mass is 9.95. The number of hydrogen-bond donors (Lipinski definition) is 1. The fraction of sp³-hybridized carbons (Fsp3) is 0.375. The van der Waals surface area contributed by atoms with Crippen LogP contribution < -0.4 is 19.7 Å². The van der Waals surface area contributed by atoms with E-state index in [1.54, 1.807) is 14.2 Å². The molecule has 0 radical (unpaired) electrons. The highest BCUT2D eigenvalue weighted by atomic mass is 16.5. The van der Waals surface area contributed by atoms with E-state index in [0.29, 0.717) is 25.0 Å². The number of benzene rings is 2. The minimum Gasteiger partial charge on any atom is -0.497 e. The first kappa shape index (κ1) is 21.7. The summed E-state index contributed by atoms with van der Waals surface area (Å²) in [5, 5.41) is 11.5. The van der Waals surface area contributed by atoms with Gasteiger partial charge in [0.15, 0.2) is 0 Å². The molecule has 4 rings (SSSR count). The second-order valence-electron chi connectivity index (χ2n) is 7.88. The average molecular weight is 437 g/mol. The average Bonchev–Trinajstić information content (AvgIpc) is 3.34. The van der Waals surface area contributed by atoms with Crippen molar-refractivity contribution in [2.45, 2.75) is 25.8 Å². The van der Waals surface area contributed by atoms with Crippen LogP contribution in [0.25, 0.3) is 11.5 Å². The Morgan fingerprint density at radius 2 is 1.59 bits per heavy atom. The first-order valence-corrected chi connectivity index (χ1v) is 10.7. The Balaban J connectivity index is 1.30. The van der Waals surface area contributed by atoms with Crippen molar-refractivity contribution in [1.82, 2.24) is 15.5 Å². The summed E-state index contributed by atoms with van der Waals surface area (Å²) in [6, 6.07) is 15.7. The van der Waals surface area contributed by atoms with Crippen molar-refractivity contribution in [3.63, 3.8) is 0 Å². The summed E-state index contributed by atoms with van der Waals surface area (Å²) in [6.45, 7) is 3.38. The fourth-order valence-electron chi connectivity index (χ4n) is 3.83. The minimum atomic E-state index is -0.0607. The van der Waals surface area contributed by atoms with E-state index in [4.69, 9.17) is 13.9 Å². The van der Waals surface area contributed by atoms with Crippen molar-refractivity contribution < 1.29 is 18.7 Å². The van der Waals surface area contributed by atoms with Crippen LogP contribution >= 0.6 is 0 Å². The van der Waals surface area contributed by atoms with Gasteiger partial charge in [0.05, 0.1) is 20.3 Å². The Labute approximate surface area is 187 Å². The Bertz CT molecular complexity index is 1020. The molecule has 0 saturated carbocycles. The van der Waals surface area contributed by atoms with Crippen LogP contribution in [0.15, 0.2) is 52.9 Å². The molecular formula is C24H28N4O4. The fourth-order valence-corrected chi connectivity index (χ4v) is 3.83. The largest absolute Gasteiger partial charge is 0.497 e. The molecule has 8 nitrogen and oxygen atoms in total. The summed E-state index contributed by atoms with van der Waals surface area (Å²) < 4.78 is 16.2. The van der Waals surface area contributed by atoms with E-state index < -0.39 is 0 Å². The van der Waals surface area contributed by atoms with Crippen molar-refractivity contribution >= 4 is 11.9 Å². The van der Waals surface area contributed by atoms with Gasteiger partial charge in [-0.05, 0) is 61.7 Å². The van der Waals surface area contributed by atoms with Crippen molar-refractivity contribution in [3.05, 3.63) is 54.1 Å². The number of ether oxygens (including phenoxy) is 2. The number of anilines is 1. The smallest absolute Gasteiger partial charge is 0.318 e. The molecule has 1 fully saturated rings. The van der Waals surface area contributed by atoms with Gasteiger partial charge >= 0.3 is 6.01 Å². The molecule has 1 aromatic heterocycles. The van der Waals surface area contributed by atoms with Gasteiger partial charge in [-0.25, -0.2) is 0 Å². The summed E-state index contributed by atoms with van der Waals surface area (Å²) >= 11 is 0. The van der Waals surface area contributed by atoms with Gasteiger partial charge in [-0.15, -0.1) is 5.10 Å². The zero-order valence-electron chi connectivity index (χ0n) is 18.6. The number of amides is 1. The summed E-state index contributed by atoms with van der Waals surface area (Å²) in [7, 11) is 3.27. The number of hydrogen-bond acceptors (Lipinski definition) is 7. The third-order valence-electron chi connectivity index (χ3n) is 5.86. The summed E-state index contributed by atoms with van der Waals surface area (Å²) in [4.78, 5) is 14.8. The molecule has 32 heavy (non-hydrogen) atoms. The van der Waals surface area contributed by atoms with Crippen LogP contribution in [0.5, 0.6) is 11.5 Å². The molecule has 0 aliphatic carbocycles. The van der Waals surface area contributed by atoms with Gasteiger partial charge in [0.2, 0.25) is 11.8 Å². The lowest BCUT2D eigenvalue weighted by Crippen LogP contribution is -2.41. The molecular weight excluding hydrogens is 408 g/mol. The summed E-state index contributed by atoms with van der Waals surface area (Å²) in [6.07, 6.45) is 1.48. The van der Waals surface area contributed by atoms with Crippen LogP contribution in [0.2, 0.25) is 0 Å². The van der Waals surface area contributed by atoms with Crippen molar-refractivity contribution in [2.24, 2.45) is 5.92 Å². The summed E-state index contributed by atoms with van der Waals surface area (Å²) in [5.74, 6) is 2.09. The van der Waals surface area contributed by atoms with E-state index in [1.165, 1.54) is 0 Å². The third kappa shape index (κ3) is 4.85. The number of aromatic nitrogens is 2. The predicted octanol–water partition coefficient (Wildman–Crippen LogP) is 3.85. The maximum absolute atomic E-state index is 12.8. The normalized spacial score (nSPS) is 15.3. The molecule has 0 unspecified atom stereocenters. The lowest BCUT2D eigenvalue weighted by molar-refractivity contribution is -0.126. The quantitative estimate of drug-likeness (QED) is 0.602. The highest BCUT2D eigenvalue weighted by Gasteiger charge is 2.28. The maximum Gasteiger partial charge on any atom is 0.318 e. The molecule has 168 valence electrons. The van der Waals surface area contributed by atoms with E-state index in [1.807, 2.05) is 60.4 Å². The monoisotopic (exact) mass is 436 g/mol. The van der Waals surface area contributed by atoms with Crippen LogP contribution in [0.1, 0.15) is 31.4 Å². The van der Waals surface area contributed by atoms with E-state index >= 15 is 0 Å². The molecule has 1 N–H and O–H groups in total. The summed E-state index contributed by atoms with van der Waals surface area (Å²) in [5.41, 5.74) is 1.89. The second-order valence-corrected chi connectivity index (χ2v) is 7.88. The Hall–Kier alpha value is -3.55. The number of nitrogens with zero attached hydrogens (tertiary/aromatic N) is 3. The first-order valence-electron chi connectivity index (χ1n) is 10.7. The van der Waals surface area contributed by atoms with Crippen LogP contribution in [-0.4, -0.2) is 43.4 Å². The highest BCUT2D eigenvalue weighted by Crippen LogP contribution is 2.27. The molecule has 0 spiro atoms. The van der Waals surface area contributed by atoms with Crippen LogP contribution in [0.3, 0.4) is 0 Å². The van der Waals surface area contributed by atoms with Gasteiger partial charge in [0.25, 0.3) is 0 Å². The third-order valence-corrected chi connectivity index (χ3v) is 5.86. The van der Waals surface area contributed by atoms with Gasteiger partial charge in [-0.3, -0.25) is 4.79 Å². The molecule has 3 aromatic rings. The van der Waals surface area contributed by atoms with Gasteiger partial charge in [-0.2, -0.15) is 0 Å². The zero-order chi connectivity index (χ0) is 22.5. The highest BCUT2D eigenvalue weighted by molar-refractivity contribution is 5.79. The number of nitrogens with one attached hydrogen (secondary N) is 1. The molecule has 2 aromatic carbocycles. The zero-order valence-corrected chi connectivity index (χ0v) is 18.6. The topological polar surface area (TPSA) is 89.7 Å². The van der Waals surface area contributed by atoms with Gasteiger partial charge < -0.3 is 24.1 Å². The van der Waals surface area contributed by atoms with E-state index in [0.717, 1.165) is 35.5 Å². The standard InChI is InChI=1S/C24H28N4O4/c1-16(17-4-8-20(30-2)9-5-17)25-22(29)18-12-14-28(15-13-18)24-27-26-23(32-24)19-6-10-21(31-3)11-7-19/h4-11,16,18H,12-15H2,1-3H3,(H,25,29)/t16-/m1/s1. The number of carbonyl (C=O) groups excluding carboxylic acids is 1. The Morgan fingerprint density at radius 1 is 1.00 bits per heavy atom. The molecule has 1 aliphatic rings. The molecule has 2 heterocycles. The van der Waals surface area contributed by atoms with Crippen molar-refractivity contribution in [2.75, 3.05) is 32.2 Å². The second kappa shape index (κ2) is 9.72. The van der Waals surface area contributed by atoms with E-state index in [2.05, 4.69) is 15.5 Å². The number of rotatable bonds is 7. The van der Waals surface area contributed by atoms with Crippen molar-refractivity contribution in [1.29, 1.82) is 0 Å². The molecule has 1 atom stereocenters. The van der Waals surface area contributed by atoms with Crippen LogP contribution in [-0.2, 0) is 4.79 Å². The number of carbonyl (C=O) groups is 1. The first-order chi connectivity index (χ1) is 15.6. The number of methoxy groups -OCH3 is 2. The van der Waals surface area contributed by atoms with Crippen molar-refractivity contribution in [3.8, 4) is 23.0 Å².